The van der Waals surface area contributed by atoms with E-state index < -0.39 is 16.0 Å². The van der Waals surface area contributed by atoms with Crippen molar-refractivity contribution >= 4 is 40.9 Å². The lowest BCUT2D eigenvalue weighted by Crippen LogP contribution is -2.33. The molecule has 100 valence electrons. The van der Waals surface area contributed by atoms with Crippen LogP contribution < -0.4 is 5.32 Å². The molecular weight excluding hydrogens is 300 g/mol. The molecule has 0 spiro atoms. The summed E-state index contributed by atoms with van der Waals surface area (Å²) in [5.41, 5.74) is 0.566. The molecule has 1 aromatic rings. The van der Waals surface area contributed by atoms with Crippen molar-refractivity contribution in [2.24, 2.45) is 0 Å². The Morgan fingerprint density at radius 3 is 2.61 bits per heavy atom. The highest BCUT2D eigenvalue weighted by atomic mass is 35.6. The van der Waals surface area contributed by atoms with Crippen molar-refractivity contribution in [3.8, 4) is 5.75 Å². The van der Waals surface area contributed by atoms with Crippen LogP contribution in [0.25, 0.3) is 0 Å². The number of phenols is 1. The highest BCUT2D eigenvalue weighted by Gasteiger charge is 2.31. The SMILES string of the molecule is CC(OC(=O)NCc1ccccc1O)C(Cl)(Cl)Cl. The maximum absolute atomic E-state index is 11.4. The van der Waals surface area contributed by atoms with E-state index in [1.807, 2.05) is 0 Å². The average Bonchev–Trinajstić information content (AvgIpc) is 2.26. The first-order chi connectivity index (χ1) is 8.30. The third kappa shape index (κ3) is 4.80. The maximum atomic E-state index is 11.4. The van der Waals surface area contributed by atoms with Gasteiger partial charge in [-0.2, -0.15) is 0 Å². The van der Waals surface area contributed by atoms with E-state index in [1.165, 1.54) is 13.0 Å². The van der Waals surface area contributed by atoms with E-state index in [1.54, 1.807) is 18.2 Å². The average molecular weight is 313 g/mol. The predicted octanol–water partition coefficient (Wildman–Crippen LogP) is 3.38. The molecule has 0 aliphatic heterocycles. The third-order valence-electron chi connectivity index (χ3n) is 2.16. The predicted molar refractivity (Wildman–Crippen MR) is 71.2 cm³/mol. The molecule has 1 atom stereocenters. The van der Waals surface area contributed by atoms with E-state index in [0.29, 0.717) is 5.56 Å². The normalized spacial score (nSPS) is 12.9. The minimum Gasteiger partial charge on any atom is -0.508 e. The fourth-order valence-corrected chi connectivity index (χ4v) is 1.23. The second-order valence-corrected chi connectivity index (χ2v) is 5.94. The van der Waals surface area contributed by atoms with E-state index in [9.17, 15) is 9.90 Å². The molecule has 0 saturated carbocycles. The van der Waals surface area contributed by atoms with Gasteiger partial charge in [0.25, 0.3) is 0 Å². The molecule has 0 heterocycles. The Bertz CT molecular complexity index is 420. The van der Waals surface area contributed by atoms with Gasteiger partial charge in [0.1, 0.15) is 11.9 Å². The Balaban J connectivity index is 2.45. The number of benzene rings is 1. The number of alkyl carbamates (subject to hydrolysis) is 1. The van der Waals surface area contributed by atoms with Crippen molar-refractivity contribution in [3.05, 3.63) is 29.8 Å². The number of para-hydroxylation sites is 1. The Hall–Kier alpha value is -0.840. The third-order valence-corrected chi connectivity index (χ3v) is 3.08. The molecule has 1 rings (SSSR count). The van der Waals surface area contributed by atoms with Crippen LogP contribution in [0.4, 0.5) is 4.79 Å². The van der Waals surface area contributed by atoms with Crippen LogP contribution in [-0.4, -0.2) is 21.1 Å². The summed E-state index contributed by atoms with van der Waals surface area (Å²) in [4.78, 5) is 11.4. The van der Waals surface area contributed by atoms with Crippen LogP contribution >= 0.6 is 34.8 Å². The Kier molecular flexibility index (Phi) is 5.38. The number of carbonyl (C=O) groups excluding carboxylic acids is 1. The summed E-state index contributed by atoms with van der Waals surface area (Å²) in [6, 6.07) is 6.62. The van der Waals surface area contributed by atoms with Crippen molar-refractivity contribution < 1.29 is 14.6 Å². The van der Waals surface area contributed by atoms with Gasteiger partial charge in [0, 0.05) is 12.1 Å². The lowest BCUT2D eigenvalue weighted by molar-refractivity contribution is 0.108. The Labute approximate surface area is 120 Å². The van der Waals surface area contributed by atoms with E-state index in [0.717, 1.165) is 0 Å². The monoisotopic (exact) mass is 311 g/mol. The van der Waals surface area contributed by atoms with E-state index in [4.69, 9.17) is 39.5 Å². The van der Waals surface area contributed by atoms with Crippen molar-refractivity contribution in [2.45, 2.75) is 23.4 Å². The number of amides is 1. The largest absolute Gasteiger partial charge is 0.508 e. The van der Waals surface area contributed by atoms with Gasteiger partial charge in [-0.25, -0.2) is 4.79 Å². The smallest absolute Gasteiger partial charge is 0.407 e. The standard InChI is InChI=1S/C11H12Cl3NO3/c1-7(11(12,13)14)18-10(17)15-6-8-4-2-3-5-9(8)16/h2-5,7,16H,6H2,1H3,(H,15,17). The number of aromatic hydroxyl groups is 1. The zero-order valence-electron chi connectivity index (χ0n) is 9.49. The molecule has 1 amide bonds. The second-order valence-electron chi connectivity index (χ2n) is 3.57. The Morgan fingerprint density at radius 2 is 2.06 bits per heavy atom. The zero-order valence-corrected chi connectivity index (χ0v) is 11.8. The number of nitrogens with one attached hydrogen (secondary N) is 1. The minimum absolute atomic E-state index is 0.0900. The molecule has 0 bridgehead atoms. The number of hydrogen-bond acceptors (Lipinski definition) is 3. The summed E-state index contributed by atoms with van der Waals surface area (Å²) in [6.45, 7) is 1.59. The van der Waals surface area contributed by atoms with Gasteiger partial charge in [0.2, 0.25) is 3.79 Å². The molecule has 0 aromatic heterocycles. The molecule has 18 heavy (non-hydrogen) atoms. The zero-order chi connectivity index (χ0) is 13.8. The number of phenolic OH excluding ortho intramolecular Hbond substituents is 1. The summed E-state index contributed by atoms with van der Waals surface area (Å²) in [5.74, 6) is 0.0900. The molecular formula is C11H12Cl3NO3. The fourth-order valence-electron chi connectivity index (χ4n) is 1.10. The quantitative estimate of drug-likeness (QED) is 0.841. The van der Waals surface area contributed by atoms with Gasteiger partial charge in [-0.05, 0) is 13.0 Å². The van der Waals surface area contributed by atoms with Crippen LogP contribution in [0.2, 0.25) is 0 Å². The van der Waals surface area contributed by atoms with Crippen LogP contribution in [0.5, 0.6) is 5.75 Å². The number of ether oxygens (including phenoxy) is 1. The van der Waals surface area contributed by atoms with Crippen LogP contribution in [0, 0.1) is 0 Å². The molecule has 4 nitrogen and oxygen atoms in total. The summed E-state index contributed by atoms with van der Waals surface area (Å²) >= 11 is 16.7. The summed E-state index contributed by atoms with van der Waals surface area (Å²) < 4.78 is 3.17. The molecule has 0 radical (unpaired) electrons. The number of hydrogen-bond donors (Lipinski definition) is 2. The van der Waals surface area contributed by atoms with Gasteiger partial charge in [0.05, 0.1) is 0 Å². The van der Waals surface area contributed by atoms with Crippen molar-refractivity contribution in [3.63, 3.8) is 0 Å². The van der Waals surface area contributed by atoms with Crippen molar-refractivity contribution in [1.29, 1.82) is 0 Å². The summed E-state index contributed by atoms with van der Waals surface area (Å²) in [7, 11) is 0. The molecule has 1 aromatic carbocycles. The van der Waals surface area contributed by atoms with Gasteiger partial charge in [-0.15, -0.1) is 0 Å². The summed E-state index contributed by atoms with van der Waals surface area (Å²) in [5, 5.41) is 11.9. The number of carbonyl (C=O) groups is 1. The van der Waals surface area contributed by atoms with Crippen LogP contribution in [0.3, 0.4) is 0 Å². The number of halogens is 3. The van der Waals surface area contributed by atoms with Gasteiger partial charge in [-0.3, -0.25) is 0 Å². The highest BCUT2D eigenvalue weighted by molar-refractivity contribution is 6.68. The van der Waals surface area contributed by atoms with E-state index in [-0.39, 0.29) is 12.3 Å². The molecule has 0 saturated heterocycles. The highest BCUT2D eigenvalue weighted by Crippen LogP contribution is 2.31. The minimum atomic E-state index is -1.67. The molecule has 0 fully saturated rings. The molecule has 7 heteroatoms. The van der Waals surface area contributed by atoms with Crippen LogP contribution in [-0.2, 0) is 11.3 Å². The molecule has 0 aliphatic carbocycles. The first-order valence-electron chi connectivity index (χ1n) is 5.08. The van der Waals surface area contributed by atoms with Crippen molar-refractivity contribution in [2.75, 3.05) is 0 Å². The molecule has 0 aliphatic rings. The molecule has 1 unspecified atom stereocenters. The van der Waals surface area contributed by atoms with E-state index in [2.05, 4.69) is 5.32 Å². The van der Waals surface area contributed by atoms with Gasteiger partial charge in [-0.1, -0.05) is 53.0 Å². The lowest BCUT2D eigenvalue weighted by atomic mass is 10.2. The topological polar surface area (TPSA) is 58.6 Å². The Morgan fingerprint density at radius 1 is 1.44 bits per heavy atom. The summed E-state index contributed by atoms with van der Waals surface area (Å²) in [6.07, 6.45) is -1.61. The van der Waals surface area contributed by atoms with Gasteiger partial charge >= 0.3 is 6.09 Å². The lowest BCUT2D eigenvalue weighted by Gasteiger charge is -2.20. The first-order valence-corrected chi connectivity index (χ1v) is 6.22. The first kappa shape index (κ1) is 15.2. The van der Waals surface area contributed by atoms with Crippen LogP contribution in [0.15, 0.2) is 24.3 Å². The molecule has 2 N–H and O–H groups in total. The van der Waals surface area contributed by atoms with Gasteiger partial charge in [0.15, 0.2) is 0 Å². The number of rotatable bonds is 3. The van der Waals surface area contributed by atoms with E-state index >= 15 is 0 Å². The number of alkyl halides is 3. The van der Waals surface area contributed by atoms with Crippen LogP contribution in [0.1, 0.15) is 12.5 Å². The maximum Gasteiger partial charge on any atom is 0.407 e. The van der Waals surface area contributed by atoms with Crippen molar-refractivity contribution in [1.82, 2.24) is 5.32 Å². The fraction of sp³-hybridized carbons (Fsp3) is 0.364. The second kappa shape index (κ2) is 6.36. The van der Waals surface area contributed by atoms with Gasteiger partial charge < -0.3 is 15.2 Å².